The minimum atomic E-state index is -0.487. The normalized spacial score (nSPS) is 10.6. The fourth-order valence-electron chi connectivity index (χ4n) is 1.43. The number of carbonyl (C=O) groups is 1. The molecule has 78 valence electrons. The van der Waals surface area contributed by atoms with Gasteiger partial charge in [-0.15, -0.1) is 0 Å². The van der Waals surface area contributed by atoms with Crippen molar-refractivity contribution in [2.24, 2.45) is 0 Å². The van der Waals surface area contributed by atoms with E-state index in [1.165, 1.54) is 25.4 Å². The number of H-pyrrole nitrogens is 1. The molecule has 0 aliphatic rings. The van der Waals surface area contributed by atoms with Gasteiger partial charge in [0.15, 0.2) is 0 Å². The molecule has 0 atom stereocenters. The van der Waals surface area contributed by atoms with Crippen molar-refractivity contribution in [2.75, 3.05) is 7.11 Å². The molecule has 2 aromatic rings. The van der Waals surface area contributed by atoms with Crippen LogP contribution in [0.1, 0.15) is 10.4 Å². The van der Waals surface area contributed by atoms with Crippen molar-refractivity contribution in [3.63, 3.8) is 0 Å². The summed E-state index contributed by atoms with van der Waals surface area (Å²) in [4.78, 5) is 14.2. The van der Waals surface area contributed by atoms with Crippen molar-refractivity contribution in [1.82, 2.24) is 4.98 Å². The number of fused-ring (bicyclic) bond motifs is 1. The molecule has 5 heteroatoms. The second-order valence-electron chi connectivity index (χ2n) is 3.00. The number of carbonyl (C=O) groups excluding carboxylic acids is 1. The van der Waals surface area contributed by atoms with Crippen molar-refractivity contribution in [3.8, 4) is 0 Å². The van der Waals surface area contributed by atoms with Crippen LogP contribution >= 0.6 is 15.9 Å². The van der Waals surface area contributed by atoms with E-state index in [1.54, 1.807) is 0 Å². The van der Waals surface area contributed by atoms with E-state index in [1.807, 2.05) is 0 Å². The highest BCUT2D eigenvalue weighted by molar-refractivity contribution is 9.10. The summed E-state index contributed by atoms with van der Waals surface area (Å²) in [6.07, 6.45) is 1.50. The SMILES string of the molecule is COC(=O)c1c[nH]c2c(Br)cc(F)cc12. The number of rotatable bonds is 1. The maximum absolute atomic E-state index is 13.1. The van der Waals surface area contributed by atoms with Gasteiger partial charge in [-0.05, 0) is 28.1 Å². The Morgan fingerprint density at radius 2 is 2.27 bits per heavy atom. The fraction of sp³-hybridized carbons (Fsp3) is 0.100. The second kappa shape index (κ2) is 3.66. The third kappa shape index (κ3) is 1.63. The summed E-state index contributed by atoms with van der Waals surface area (Å²) < 4.78 is 18.3. The predicted octanol–water partition coefficient (Wildman–Crippen LogP) is 2.86. The molecule has 0 aliphatic heterocycles. The predicted molar refractivity (Wildman–Crippen MR) is 57.3 cm³/mol. The summed E-state index contributed by atoms with van der Waals surface area (Å²) in [5.41, 5.74) is 1.00. The second-order valence-corrected chi connectivity index (χ2v) is 3.86. The molecular weight excluding hydrogens is 265 g/mol. The van der Waals surface area contributed by atoms with Crippen molar-refractivity contribution in [1.29, 1.82) is 0 Å². The number of nitrogens with one attached hydrogen (secondary N) is 1. The van der Waals surface area contributed by atoms with E-state index in [2.05, 4.69) is 25.7 Å². The van der Waals surface area contributed by atoms with E-state index in [0.717, 1.165) is 0 Å². The van der Waals surface area contributed by atoms with Crippen LogP contribution in [0.3, 0.4) is 0 Å². The van der Waals surface area contributed by atoms with Gasteiger partial charge in [0.25, 0.3) is 0 Å². The van der Waals surface area contributed by atoms with Crippen LogP contribution in [0, 0.1) is 5.82 Å². The maximum atomic E-state index is 13.1. The Hall–Kier alpha value is -1.36. The molecule has 15 heavy (non-hydrogen) atoms. The Morgan fingerprint density at radius 3 is 2.93 bits per heavy atom. The average molecular weight is 272 g/mol. The van der Waals surface area contributed by atoms with E-state index < -0.39 is 11.8 Å². The number of hydrogen-bond donors (Lipinski definition) is 1. The Bertz CT molecular complexity index is 535. The average Bonchev–Trinajstić information content (AvgIpc) is 2.60. The minimum absolute atomic E-state index is 0.327. The molecule has 3 nitrogen and oxygen atoms in total. The largest absolute Gasteiger partial charge is 0.465 e. The monoisotopic (exact) mass is 271 g/mol. The topological polar surface area (TPSA) is 42.1 Å². The lowest BCUT2D eigenvalue weighted by atomic mass is 10.2. The van der Waals surface area contributed by atoms with Crippen molar-refractivity contribution in [3.05, 3.63) is 34.2 Å². The molecular formula is C10H7BrFNO2. The van der Waals surface area contributed by atoms with Gasteiger partial charge in [-0.2, -0.15) is 0 Å². The number of ether oxygens (including phenoxy) is 1. The van der Waals surface area contributed by atoms with Gasteiger partial charge in [0, 0.05) is 16.1 Å². The van der Waals surface area contributed by atoms with Gasteiger partial charge in [0.05, 0.1) is 18.2 Å². The van der Waals surface area contributed by atoms with Crippen LogP contribution in [-0.4, -0.2) is 18.1 Å². The molecule has 0 saturated carbocycles. The summed E-state index contributed by atoms with van der Waals surface area (Å²) in [6, 6.07) is 2.63. The van der Waals surface area contributed by atoms with Crippen LogP contribution in [0.4, 0.5) is 4.39 Å². The summed E-state index contributed by atoms with van der Waals surface area (Å²) >= 11 is 3.21. The Labute approximate surface area is 93.4 Å². The molecule has 0 radical (unpaired) electrons. The van der Waals surface area contributed by atoms with Gasteiger partial charge in [-0.1, -0.05) is 0 Å². The highest BCUT2D eigenvalue weighted by atomic mass is 79.9. The zero-order chi connectivity index (χ0) is 11.0. The first-order valence-corrected chi connectivity index (χ1v) is 4.97. The maximum Gasteiger partial charge on any atom is 0.340 e. The van der Waals surface area contributed by atoms with Crippen LogP contribution in [-0.2, 0) is 4.74 Å². The number of hydrogen-bond acceptors (Lipinski definition) is 2. The van der Waals surface area contributed by atoms with Crippen molar-refractivity contribution < 1.29 is 13.9 Å². The first-order valence-electron chi connectivity index (χ1n) is 4.18. The third-order valence-corrected chi connectivity index (χ3v) is 2.74. The Kier molecular flexibility index (Phi) is 2.48. The molecule has 0 spiro atoms. The molecule has 0 fully saturated rings. The number of benzene rings is 1. The van der Waals surface area contributed by atoms with Crippen molar-refractivity contribution >= 4 is 32.8 Å². The summed E-state index contributed by atoms with van der Waals surface area (Å²) in [7, 11) is 1.29. The Balaban J connectivity index is 2.74. The zero-order valence-corrected chi connectivity index (χ0v) is 9.39. The molecule has 0 bridgehead atoms. The summed E-state index contributed by atoms with van der Waals surface area (Å²) in [6.45, 7) is 0. The lowest BCUT2D eigenvalue weighted by Crippen LogP contribution is -1.99. The molecule has 2 rings (SSSR count). The van der Waals surface area contributed by atoms with E-state index in [9.17, 15) is 9.18 Å². The molecule has 0 saturated heterocycles. The van der Waals surface area contributed by atoms with E-state index >= 15 is 0 Å². The standard InChI is InChI=1S/C10H7BrFNO2/c1-15-10(14)7-4-13-9-6(7)2-5(12)3-8(9)11/h2-4,13H,1H3. The fourth-order valence-corrected chi connectivity index (χ4v) is 1.98. The van der Waals surface area contributed by atoms with Crippen LogP contribution in [0.5, 0.6) is 0 Å². The number of aromatic nitrogens is 1. The van der Waals surface area contributed by atoms with Gasteiger partial charge >= 0.3 is 5.97 Å². The minimum Gasteiger partial charge on any atom is -0.465 e. The summed E-state index contributed by atoms with van der Waals surface area (Å²) in [5.74, 6) is -0.891. The highest BCUT2D eigenvalue weighted by Gasteiger charge is 2.14. The smallest absolute Gasteiger partial charge is 0.340 e. The quantitative estimate of drug-likeness (QED) is 0.811. The number of aromatic amines is 1. The molecule has 1 N–H and O–H groups in total. The number of halogens is 2. The van der Waals surface area contributed by atoms with E-state index in [-0.39, 0.29) is 0 Å². The lowest BCUT2D eigenvalue weighted by molar-refractivity contribution is 0.0603. The lowest BCUT2D eigenvalue weighted by Gasteiger charge is -1.98. The molecule has 1 aromatic heterocycles. The van der Waals surface area contributed by atoms with Gasteiger partial charge in [-0.3, -0.25) is 0 Å². The first-order chi connectivity index (χ1) is 7.13. The van der Waals surface area contributed by atoms with Gasteiger partial charge in [0.2, 0.25) is 0 Å². The summed E-state index contributed by atoms with van der Waals surface area (Å²) in [5, 5.41) is 0.508. The molecule has 0 aliphatic carbocycles. The molecule has 1 heterocycles. The van der Waals surface area contributed by atoms with Crippen LogP contribution < -0.4 is 0 Å². The van der Waals surface area contributed by atoms with Gasteiger partial charge < -0.3 is 9.72 Å². The van der Waals surface area contributed by atoms with Gasteiger partial charge in [-0.25, -0.2) is 9.18 Å². The van der Waals surface area contributed by atoms with E-state index in [4.69, 9.17) is 0 Å². The van der Waals surface area contributed by atoms with Crippen LogP contribution in [0.15, 0.2) is 22.8 Å². The molecule has 0 amide bonds. The highest BCUT2D eigenvalue weighted by Crippen LogP contribution is 2.27. The van der Waals surface area contributed by atoms with Gasteiger partial charge in [0.1, 0.15) is 5.82 Å². The number of methoxy groups -OCH3 is 1. The van der Waals surface area contributed by atoms with Crippen LogP contribution in [0.25, 0.3) is 10.9 Å². The third-order valence-electron chi connectivity index (χ3n) is 2.11. The molecule has 1 aromatic carbocycles. The Morgan fingerprint density at radius 1 is 1.53 bits per heavy atom. The van der Waals surface area contributed by atoms with Crippen molar-refractivity contribution in [2.45, 2.75) is 0 Å². The molecule has 0 unspecified atom stereocenters. The van der Waals surface area contributed by atoms with E-state index in [0.29, 0.717) is 20.9 Å². The zero-order valence-electron chi connectivity index (χ0n) is 7.80. The first kappa shape index (κ1) is 10.2. The number of esters is 1. The van der Waals surface area contributed by atoms with Crippen LogP contribution in [0.2, 0.25) is 0 Å².